The smallest absolute Gasteiger partial charge is 0.251 e. The van der Waals surface area contributed by atoms with Crippen molar-refractivity contribution in [3.8, 4) is 10.4 Å². The van der Waals surface area contributed by atoms with Crippen molar-refractivity contribution >= 4 is 34.1 Å². The average Bonchev–Trinajstić information content (AvgIpc) is 3.38. The van der Waals surface area contributed by atoms with Crippen LogP contribution >= 0.6 is 11.3 Å². The van der Waals surface area contributed by atoms with Crippen molar-refractivity contribution < 1.29 is 24.9 Å². The summed E-state index contributed by atoms with van der Waals surface area (Å²) in [6.45, 7) is 0.986. The van der Waals surface area contributed by atoms with Gasteiger partial charge < -0.3 is 35.7 Å². The third-order valence-electron chi connectivity index (χ3n) is 5.18. The second kappa shape index (κ2) is 7.04. The fraction of sp³-hybridized carbons (Fsp3) is 0.389. The molecule has 1 aliphatic heterocycles. The molecule has 0 saturated carbocycles. The second-order valence-electron chi connectivity index (χ2n) is 7.07. The molecular formula is C18H21N5O5S. The van der Waals surface area contributed by atoms with Crippen LogP contribution in [0.3, 0.4) is 0 Å². The number of nitrogen functional groups attached to an aromatic ring is 1. The van der Waals surface area contributed by atoms with Crippen LogP contribution in [0.15, 0.2) is 24.0 Å². The van der Waals surface area contributed by atoms with E-state index in [1.54, 1.807) is 29.3 Å². The molecule has 4 atom stereocenters. The first-order valence-corrected chi connectivity index (χ1v) is 9.76. The Morgan fingerprint density at radius 2 is 2.24 bits per heavy atom. The number of carbonyl (C=O) groups excluding carboxylic acids is 1. The first kappa shape index (κ1) is 19.7. The lowest BCUT2D eigenvalue weighted by Gasteiger charge is -2.27. The van der Waals surface area contributed by atoms with Crippen molar-refractivity contribution in [3.63, 3.8) is 0 Å². The number of aromatic nitrogens is 3. The lowest BCUT2D eigenvalue weighted by molar-refractivity contribution is -0.0948. The number of thiophene rings is 1. The first-order chi connectivity index (χ1) is 13.8. The molecule has 1 saturated heterocycles. The highest BCUT2D eigenvalue weighted by Gasteiger charge is 2.53. The van der Waals surface area contributed by atoms with Gasteiger partial charge in [0, 0.05) is 29.1 Å². The summed E-state index contributed by atoms with van der Waals surface area (Å²) in [5.41, 5.74) is 6.01. The van der Waals surface area contributed by atoms with Crippen LogP contribution in [0.5, 0.6) is 0 Å². The summed E-state index contributed by atoms with van der Waals surface area (Å²) in [4.78, 5) is 21.0. The predicted octanol–water partition coefficient (Wildman–Crippen LogP) is 0.103. The van der Waals surface area contributed by atoms with Crippen molar-refractivity contribution in [1.29, 1.82) is 0 Å². The Balaban J connectivity index is 1.89. The summed E-state index contributed by atoms with van der Waals surface area (Å²) >= 11 is 1.35. The SMILES string of the molecule is CNC(=O)c1csc(-c2cn(C3OC(CO)C(O)C3(C)O)c3ncnc(N)c23)c1. The van der Waals surface area contributed by atoms with E-state index in [-0.39, 0.29) is 11.7 Å². The van der Waals surface area contributed by atoms with E-state index in [0.717, 1.165) is 4.88 Å². The molecule has 0 aromatic carbocycles. The fourth-order valence-corrected chi connectivity index (χ4v) is 4.51. The summed E-state index contributed by atoms with van der Waals surface area (Å²) in [5.74, 6) is 0.0203. The Hall–Kier alpha value is -2.57. The van der Waals surface area contributed by atoms with E-state index in [9.17, 15) is 20.1 Å². The van der Waals surface area contributed by atoms with Crippen LogP contribution in [0.4, 0.5) is 5.82 Å². The van der Waals surface area contributed by atoms with Gasteiger partial charge in [-0.3, -0.25) is 4.79 Å². The molecule has 1 aliphatic rings. The number of hydrogen-bond donors (Lipinski definition) is 5. The van der Waals surface area contributed by atoms with Crippen molar-refractivity contribution in [2.24, 2.45) is 0 Å². The van der Waals surface area contributed by atoms with E-state index in [2.05, 4.69) is 15.3 Å². The molecule has 1 amide bonds. The van der Waals surface area contributed by atoms with Crippen LogP contribution in [0.2, 0.25) is 0 Å². The van der Waals surface area contributed by atoms with Crippen LogP contribution in [-0.4, -0.2) is 67.2 Å². The Labute approximate surface area is 169 Å². The highest BCUT2D eigenvalue weighted by molar-refractivity contribution is 7.14. The van der Waals surface area contributed by atoms with E-state index in [1.165, 1.54) is 24.6 Å². The van der Waals surface area contributed by atoms with Gasteiger partial charge in [-0.1, -0.05) is 0 Å². The van der Waals surface area contributed by atoms with Crippen LogP contribution in [0.25, 0.3) is 21.5 Å². The van der Waals surface area contributed by atoms with Crippen LogP contribution < -0.4 is 11.1 Å². The molecule has 1 fully saturated rings. The summed E-state index contributed by atoms with van der Waals surface area (Å²) in [5, 5.41) is 35.5. The standard InChI is InChI=1S/C18H21N5O5S/c1-18(27)13(25)10(5-24)28-17(18)23-4-9(12-14(19)21-7-22-15(12)23)11-3-8(6-29-11)16(26)20-2/h3-4,6-7,10,13,17,24-25,27H,5H2,1-2H3,(H,20,26)(H2,19,21,22). The Morgan fingerprint density at radius 1 is 1.48 bits per heavy atom. The molecule has 11 heteroatoms. The molecule has 0 aliphatic carbocycles. The maximum Gasteiger partial charge on any atom is 0.251 e. The lowest BCUT2D eigenvalue weighted by Crippen LogP contribution is -2.44. The number of carbonyl (C=O) groups is 1. The Morgan fingerprint density at radius 3 is 2.90 bits per heavy atom. The minimum Gasteiger partial charge on any atom is -0.394 e. The van der Waals surface area contributed by atoms with Gasteiger partial charge >= 0.3 is 0 Å². The highest BCUT2D eigenvalue weighted by atomic mass is 32.1. The topological polar surface area (TPSA) is 156 Å². The van der Waals surface area contributed by atoms with Crippen LogP contribution in [-0.2, 0) is 4.74 Å². The normalized spacial score (nSPS) is 26.9. The maximum atomic E-state index is 11.9. The van der Waals surface area contributed by atoms with E-state index in [1.807, 2.05) is 0 Å². The zero-order valence-electron chi connectivity index (χ0n) is 15.7. The van der Waals surface area contributed by atoms with Gasteiger partial charge in [0.25, 0.3) is 5.91 Å². The van der Waals surface area contributed by atoms with Crippen molar-refractivity contribution in [1.82, 2.24) is 19.9 Å². The quantitative estimate of drug-likeness (QED) is 0.399. The molecule has 4 unspecified atom stereocenters. The average molecular weight is 419 g/mol. The number of nitrogens with one attached hydrogen (secondary N) is 1. The van der Waals surface area contributed by atoms with Crippen LogP contribution in [0, 0.1) is 0 Å². The largest absolute Gasteiger partial charge is 0.394 e. The van der Waals surface area contributed by atoms with Gasteiger partial charge in [-0.25, -0.2) is 9.97 Å². The van der Waals surface area contributed by atoms with Gasteiger partial charge in [0.2, 0.25) is 0 Å². The van der Waals surface area contributed by atoms with E-state index in [0.29, 0.717) is 22.2 Å². The van der Waals surface area contributed by atoms with Gasteiger partial charge in [0.1, 0.15) is 35.6 Å². The third-order valence-corrected chi connectivity index (χ3v) is 6.14. The molecular weight excluding hydrogens is 398 g/mol. The number of nitrogens with two attached hydrogens (primary N) is 1. The molecule has 3 aromatic rings. The zero-order valence-corrected chi connectivity index (χ0v) is 16.6. The molecule has 3 aromatic heterocycles. The molecule has 29 heavy (non-hydrogen) atoms. The molecule has 4 rings (SSSR count). The number of nitrogens with zero attached hydrogens (tertiary/aromatic N) is 3. The molecule has 4 heterocycles. The number of aliphatic hydroxyl groups is 3. The highest BCUT2D eigenvalue weighted by Crippen LogP contribution is 2.43. The first-order valence-electron chi connectivity index (χ1n) is 8.88. The van der Waals surface area contributed by atoms with Crippen LogP contribution in [0.1, 0.15) is 23.5 Å². The van der Waals surface area contributed by atoms with Gasteiger partial charge in [-0.15, -0.1) is 11.3 Å². The number of amides is 1. The monoisotopic (exact) mass is 419 g/mol. The molecule has 0 bridgehead atoms. The number of fused-ring (bicyclic) bond motifs is 1. The second-order valence-corrected chi connectivity index (χ2v) is 7.98. The van der Waals surface area contributed by atoms with Gasteiger partial charge in [0.05, 0.1) is 17.6 Å². The summed E-state index contributed by atoms with van der Waals surface area (Å²) < 4.78 is 7.30. The van der Waals surface area contributed by atoms with E-state index in [4.69, 9.17) is 10.5 Å². The van der Waals surface area contributed by atoms with Gasteiger partial charge in [-0.05, 0) is 13.0 Å². The number of ether oxygens (including phenoxy) is 1. The Kier molecular flexibility index (Phi) is 4.79. The zero-order chi connectivity index (χ0) is 20.9. The minimum absolute atomic E-state index is 0.212. The fourth-order valence-electron chi connectivity index (χ4n) is 3.61. The summed E-state index contributed by atoms with van der Waals surface area (Å²) in [6.07, 6.45) is -0.262. The number of hydrogen-bond acceptors (Lipinski definition) is 9. The molecule has 0 spiro atoms. The maximum absolute atomic E-state index is 11.9. The van der Waals surface area contributed by atoms with Crippen molar-refractivity contribution in [3.05, 3.63) is 29.5 Å². The Bertz CT molecular complexity index is 1080. The molecule has 154 valence electrons. The predicted molar refractivity (Wildman–Crippen MR) is 106 cm³/mol. The lowest BCUT2D eigenvalue weighted by atomic mass is 9.96. The van der Waals surface area contributed by atoms with E-state index >= 15 is 0 Å². The molecule has 10 nitrogen and oxygen atoms in total. The van der Waals surface area contributed by atoms with Crippen molar-refractivity contribution in [2.75, 3.05) is 19.4 Å². The number of anilines is 1. The third kappa shape index (κ3) is 2.98. The van der Waals surface area contributed by atoms with Crippen molar-refractivity contribution in [2.45, 2.75) is 31.0 Å². The number of rotatable bonds is 4. The summed E-state index contributed by atoms with van der Waals surface area (Å²) in [7, 11) is 1.56. The van der Waals surface area contributed by atoms with E-state index < -0.39 is 30.6 Å². The summed E-state index contributed by atoms with van der Waals surface area (Å²) in [6, 6.07) is 1.73. The van der Waals surface area contributed by atoms with Gasteiger partial charge in [0.15, 0.2) is 6.23 Å². The molecule has 6 N–H and O–H groups in total. The molecule has 0 radical (unpaired) electrons. The number of aliphatic hydroxyl groups excluding tert-OH is 2. The minimum atomic E-state index is -1.68. The van der Waals surface area contributed by atoms with Gasteiger partial charge in [-0.2, -0.15) is 0 Å².